The van der Waals surface area contributed by atoms with Gasteiger partial charge in [-0.25, -0.2) is 4.98 Å². The number of pyridine rings is 2. The quantitative estimate of drug-likeness (QED) is 0.669. The van der Waals surface area contributed by atoms with E-state index in [1.165, 1.54) is 14.2 Å². The second-order valence-corrected chi connectivity index (χ2v) is 5.70. The second-order valence-electron chi connectivity index (χ2n) is 5.70. The van der Waals surface area contributed by atoms with Gasteiger partial charge in [-0.2, -0.15) is 0 Å². The third-order valence-corrected chi connectivity index (χ3v) is 3.84. The molecule has 0 bridgehead atoms. The van der Waals surface area contributed by atoms with Crippen molar-refractivity contribution >= 4 is 17.4 Å². The van der Waals surface area contributed by atoms with Gasteiger partial charge < -0.3 is 20.1 Å². The summed E-state index contributed by atoms with van der Waals surface area (Å²) in [4.78, 5) is 20.8. The van der Waals surface area contributed by atoms with E-state index in [9.17, 15) is 4.79 Å². The van der Waals surface area contributed by atoms with Crippen molar-refractivity contribution in [2.45, 2.75) is 6.54 Å². The average molecular weight is 364 g/mol. The Labute approximate surface area is 157 Å². The Kier molecular flexibility index (Phi) is 5.84. The van der Waals surface area contributed by atoms with E-state index < -0.39 is 0 Å². The zero-order valence-corrected chi connectivity index (χ0v) is 15.1. The monoisotopic (exact) mass is 364 g/mol. The highest BCUT2D eigenvalue weighted by Crippen LogP contribution is 2.23. The van der Waals surface area contributed by atoms with Crippen LogP contribution in [0, 0.1) is 0 Å². The summed E-state index contributed by atoms with van der Waals surface area (Å²) < 4.78 is 10.4. The molecule has 7 nitrogen and oxygen atoms in total. The molecule has 0 aliphatic rings. The molecule has 1 aromatic carbocycles. The molecule has 0 aliphatic heterocycles. The van der Waals surface area contributed by atoms with Gasteiger partial charge in [0.1, 0.15) is 17.3 Å². The minimum atomic E-state index is -0.296. The van der Waals surface area contributed by atoms with Crippen LogP contribution < -0.4 is 20.1 Å². The Bertz CT molecular complexity index is 877. The standard InChI is InChI=1S/C20H20N4O3/c1-26-17-8-15(9-18(10-17)27-2)20(25)24-19-6-5-16(13-23-19)22-12-14-4-3-7-21-11-14/h3-11,13,22H,12H2,1-2H3,(H,23,24,25). The number of hydrogen-bond acceptors (Lipinski definition) is 6. The van der Waals surface area contributed by atoms with Crippen molar-refractivity contribution in [1.82, 2.24) is 9.97 Å². The van der Waals surface area contributed by atoms with Crippen LogP contribution >= 0.6 is 0 Å². The van der Waals surface area contributed by atoms with Crippen LogP contribution in [0.4, 0.5) is 11.5 Å². The molecule has 27 heavy (non-hydrogen) atoms. The zero-order valence-electron chi connectivity index (χ0n) is 15.1. The third kappa shape index (κ3) is 4.94. The number of ether oxygens (including phenoxy) is 2. The third-order valence-electron chi connectivity index (χ3n) is 3.84. The highest BCUT2D eigenvalue weighted by Gasteiger charge is 2.11. The molecule has 2 aromatic heterocycles. The van der Waals surface area contributed by atoms with Crippen molar-refractivity contribution in [1.29, 1.82) is 0 Å². The fourth-order valence-corrected chi connectivity index (χ4v) is 2.41. The molecule has 0 saturated heterocycles. The first-order valence-corrected chi connectivity index (χ1v) is 8.31. The van der Waals surface area contributed by atoms with Crippen molar-refractivity contribution in [3.63, 3.8) is 0 Å². The molecule has 1 amide bonds. The molecule has 138 valence electrons. The van der Waals surface area contributed by atoms with Crippen molar-refractivity contribution in [2.75, 3.05) is 24.9 Å². The van der Waals surface area contributed by atoms with Gasteiger partial charge in [-0.15, -0.1) is 0 Å². The number of amides is 1. The number of methoxy groups -OCH3 is 2. The van der Waals surface area contributed by atoms with E-state index in [4.69, 9.17) is 9.47 Å². The van der Waals surface area contributed by atoms with Crippen LogP contribution in [0.15, 0.2) is 61.1 Å². The fourth-order valence-electron chi connectivity index (χ4n) is 2.41. The number of nitrogens with zero attached hydrogens (tertiary/aromatic N) is 2. The maximum Gasteiger partial charge on any atom is 0.257 e. The number of carbonyl (C=O) groups is 1. The van der Waals surface area contributed by atoms with Crippen molar-refractivity contribution < 1.29 is 14.3 Å². The molecule has 3 aromatic rings. The van der Waals surface area contributed by atoms with Gasteiger partial charge >= 0.3 is 0 Å². The number of benzene rings is 1. The number of anilines is 2. The summed E-state index contributed by atoms with van der Waals surface area (Å²) in [6, 6.07) is 12.5. The summed E-state index contributed by atoms with van der Waals surface area (Å²) in [6.45, 7) is 0.644. The first-order chi connectivity index (χ1) is 13.2. The van der Waals surface area contributed by atoms with Gasteiger partial charge in [-0.3, -0.25) is 9.78 Å². The van der Waals surface area contributed by atoms with Crippen LogP contribution in [0.5, 0.6) is 11.5 Å². The van der Waals surface area contributed by atoms with Gasteiger partial charge in [0.2, 0.25) is 0 Å². The predicted molar refractivity (Wildman–Crippen MR) is 103 cm³/mol. The number of hydrogen-bond donors (Lipinski definition) is 2. The summed E-state index contributed by atoms with van der Waals surface area (Å²) in [5.74, 6) is 1.24. The number of aromatic nitrogens is 2. The minimum absolute atomic E-state index is 0.296. The minimum Gasteiger partial charge on any atom is -0.497 e. The lowest BCUT2D eigenvalue weighted by Crippen LogP contribution is -2.13. The maximum atomic E-state index is 12.5. The lowest BCUT2D eigenvalue weighted by Gasteiger charge is -2.10. The zero-order chi connectivity index (χ0) is 19.1. The molecule has 0 radical (unpaired) electrons. The molecule has 0 unspecified atom stereocenters. The van der Waals surface area contributed by atoms with Crippen LogP contribution in [-0.4, -0.2) is 30.1 Å². The lowest BCUT2D eigenvalue weighted by atomic mass is 10.2. The molecule has 7 heteroatoms. The van der Waals surface area contributed by atoms with E-state index in [2.05, 4.69) is 20.6 Å². The molecular formula is C20H20N4O3. The predicted octanol–water partition coefficient (Wildman–Crippen LogP) is 3.36. The van der Waals surface area contributed by atoms with E-state index >= 15 is 0 Å². The molecule has 0 aliphatic carbocycles. The van der Waals surface area contributed by atoms with E-state index in [-0.39, 0.29) is 5.91 Å². The fraction of sp³-hybridized carbons (Fsp3) is 0.150. The largest absolute Gasteiger partial charge is 0.497 e. The Morgan fingerprint density at radius 3 is 2.41 bits per heavy atom. The van der Waals surface area contributed by atoms with Gasteiger partial charge in [0, 0.05) is 30.6 Å². The summed E-state index contributed by atoms with van der Waals surface area (Å²) in [7, 11) is 3.07. The van der Waals surface area contributed by atoms with E-state index in [0.717, 1.165) is 11.3 Å². The molecule has 0 atom stereocenters. The first-order valence-electron chi connectivity index (χ1n) is 8.31. The summed E-state index contributed by atoms with van der Waals surface area (Å²) >= 11 is 0. The smallest absolute Gasteiger partial charge is 0.257 e. The number of carbonyl (C=O) groups excluding carboxylic acids is 1. The maximum absolute atomic E-state index is 12.5. The Morgan fingerprint density at radius 2 is 1.81 bits per heavy atom. The number of rotatable bonds is 7. The Balaban J connectivity index is 1.63. The average Bonchev–Trinajstić information content (AvgIpc) is 2.73. The summed E-state index contributed by atoms with van der Waals surface area (Å²) in [6.07, 6.45) is 5.20. The topological polar surface area (TPSA) is 85.4 Å². The van der Waals surface area contributed by atoms with Crippen LogP contribution in [0.25, 0.3) is 0 Å². The van der Waals surface area contributed by atoms with Gasteiger partial charge in [0.05, 0.1) is 26.1 Å². The molecule has 0 saturated carbocycles. The molecule has 2 heterocycles. The van der Waals surface area contributed by atoms with Crippen molar-refractivity contribution in [3.8, 4) is 11.5 Å². The van der Waals surface area contributed by atoms with E-state index in [1.807, 2.05) is 18.2 Å². The van der Waals surface area contributed by atoms with Crippen LogP contribution in [0.3, 0.4) is 0 Å². The van der Waals surface area contributed by atoms with Crippen LogP contribution in [0.2, 0.25) is 0 Å². The highest BCUT2D eigenvalue weighted by molar-refractivity contribution is 6.04. The molecule has 2 N–H and O–H groups in total. The van der Waals surface area contributed by atoms with Crippen LogP contribution in [0.1, 0.15) is 15.9 Å². The molecular weight excluding hydrogens is 344 g/mol. The van der Waals surface area contributed by atoms with Gasteiger partial charge in [0.25, 0.3) is 5.91 Å². The Morgan fingerprint density at radius 1 is 1.04 bits per heavy atom. The van der Waals surface area contributed by atoms with Crippen LogP contribution in [-0.2, 0) is 6.54 Å². The lowest BCUT2D eigenvalue weighted by molar-refractivity contribution is 0.102. The normalized spacial score (nSPS) is 10.1. The molecule has 0 spiro atoms. The highest BCUT2D eigenvalue weighted by atomic mass is 16.5. The summed E-state index contributed by atoms with van der Waals surface area (Å²) in [5, 5.41) is 6.02. The van der Waals surface area contributed by atoms with E-state index in [0.29, 0.717) is 29.4 Å². The SMILES string of the molecule is COc1cc(OC)cc(C(=O)Nc2ccc(NCc3cccnc3)cn2)c1. The molecule has 3 rings (SSSR count). The number of nitrogens with one attached hydrogen (secondary N) is 2. The Hall–Kier alpha value is -3.61. The second kappa shape index (κ2) is 8.66. The van der Waals surface area contributed by atoms with Gasteiger partial charge in [-0.05, 0) is 35.9 Å². The molecule has 0 fully saturated rings. The van der Waals surface area contributed by atoms with Crippen molar-refractivity contribution in [3.05, 3.63) is 72.2 Å². The van der Waals surface area contributed by atoms with E-state index in [1.54, 1.807) is 42.9 Å². The van der Waals surface area contributed by atoms with Crippen molar-refractivity contribution in [2.24, 2.45) is 0 Å². The van der Waals surface area contributed by atoms with Gasteiger partial charge in [-0.1, -0.05) is 6.07 Å². The van der Waals surface area contributed by atoms with Gasteiger partial charge in [0.15, 0.2) is 0 Å². The summed E-state index contributed by atoms with van der Waals surface area (Å²) in [5.41, 5.74) is 2.34. The first kappa shape index (κ1) is 18.2.